The number of nitrogens with one attached hydrogen (secondary N) is 1. The maximum atomic E-state index is 13.7. The molecule has 0 saturated carbocycles. The molecule has 0 aromatic heterocycles. The van der Waals surface area contributed by atoms with E-state index in [2.05, 4.69) is 23.5 Å². The average Bonchev–Trinajstić information content (AvgIpc) is 3.61. The molecule has 2 aromatic rings. The van der Waals surface area contributed by atoms with Crippen molar-refractivity contribution in [3.63, 3.8) is 0 Å². The van der Waals surface area contributed by atoms with E-state index in [-0.39, 0.29) is 93.2 Å². The first-order valence-electron chi connectivity index (χ1n) is 16.2. The van der Waals surface area contributed by atoms with Gasteiger partial charge in [0.15, 0.2) is 5.78 Å². The molecular weight excluding hydrogens is 677 g/mol. The highest BCUT2D eigenvalue weighted by atomic mass is 32.2. The third-order valence-electron chi connectivity index (χ3n) is 9.03. The van der Waals surface area contributed by atoms with Gasteiger partial charge in [0.25, 0.3) is 11.8 Å². The van der Waals surface area contributed by atoms with Crippen LogP contribution in [0.2, 0.25) is 0 Å². The van der Waals surface area contributed by atoms with Gasteiger partial charge in [0.1, 0.15) is 23.2 Å². The van der Waals surface area contributed by atoms with E-state index >= 15 is 0 Å². The fourth-order valence-corrected chi connectivity index (χ4v) is 7.65. The summed E-state index contributed by atoms with van der Waals surface area (Å²) in [5, 5.41) is 2.60. The molecule has 0 radical (unpaired) electrons. The van der Waals surface area contributed by atoms with Crippen molar-refractivity contribution in [3.05, 3.63) is 89.5 Å². The third kappa shape index (κ3) is 8.16. The lowest BCUT2D eigenvalue weighted by atomic mass is 9.89. The van der Waals surface area contributed by atoms with E-state index < -0.39 is 39.3 Å². The molecule has 1 spiro atoms. The normalized spacial score (nSPS) is 19.4. The molecule has 15 heteroatoms. The summed E-state index contributed by atoms with van der Waals surface area (Å²) in [6, 6.07) is 8.14. The number of halogens is 3. The Morgan fingerprint density at radius 3 is 2.52 bits per heavy atom. The number of nitrogens with zero attached hydrogens (tertiary/aromatic N) is 3. The van der Waals surface area contributed by atoms with Gasteiger partial charge in [-0.15, -0.1) is 13.2 Å². The van der Waals surface area contributed by atoms with Crippen molar-refractivity contribution in [1.29, 1.82) is 0 Å². The van der Waals surface area contributed by atoms with Gasteiger partial charge < -0.3 is 19.7 Å². The Labute approximate surface area is 288 Å². The highest BCUT2D eigenvalue weighted by Gasteiger charge is 2.48. The number of ether oxygens (including phenoxy) is 2. The number of ketones is 1. The second-order valence-corrected chi connectivity index (χ2v) is 14.6. The van der Waals surface area contributed by atoms with Crippen LogP contribution in [0.4, 0.5) is 13.2 Å². The number of aliphatic imine (C=N–C) groups is 1. The Hall–Kier alpha value is -4.34. The van der Waals surface area contributed by atoms with Gasteiger partial charge in [-0.3, -0.25) is 19.4 Å². The van der Waals surface area contributed by atoms with E-state index in [4.69, 9.17) is 9.47 Å². The van der Waals surface area contributed by atoms with E-state index in [1.54, 1.807) is 31.2 Å². The highest BCUT2D eigenvalue weighted by molar-refractivity contribution is 7.89. The number of piperidine rings is 1. The molecule has 0 bridgehead atoms. The van der Waals surface area contributed by atoms with Crippen molar-refractivity contribution in [2.75, 3.05) is 45.1 Å². The largest absolute Gasteiger partial charge is 0.493 e. The molecule has 2 aromatic carbocycles. The number of rotatable bonds is 13. The van der Waals surface area contributed by atoms with Gasteiger partial charge in [-0.05, 0) is 74.1 Å². The predicted octanol–water partition coefficient (Wildman–Crippen LogP) is 3.85. The standard InChI is InChI=1S/C35H39F3N4O7S/c1-4-6-15-48-28-19-26(18-27(20-28)35(36,37)38)31-39-33(45)34(40-31)10-12-42(13-11-34)50(46,47)16-9-24-7-8-25(17-23(24)3)32(44)41-21-29(43)30(22-41)49-14-5-2/h4-5,7-8,17-20,30H,1-2,6,9-16,21-22H2,3H3,(H,39,40,45)/t30-/m0/s1. The Morgan fingerprint density at radius 2 is 1.86 bits per heavy atom. The lowest BCUT2D eigenvalue weighted by Gasteiger charge is -2.34. The first-order valence-corrected chi connectivity index (χ1v) is 17.8. The monoisotopic (exact) mass is 716 g/mol. The Balaban J connectivity index is 1.21. The number of sulfonamides is 1. The SMILES string of the molecule is C=CCCOc1cc(C2=NC3(CCN(S(=O)(=O)CCc4ccc(C(=O)N5CC(=O)[C@@H](OCC=C)C5)cc4C)CC3)C(=O)N2)cc(C(F)(F)F)c1. The van der Waals surface area contributed by atoms with Crippen LogP contribution in [0.5, 0.6) is 5.75 Å². The molecule has 5 rings (SSSR count). The van der Waals surface area contributed by atoms with Crippen molar-refractivity contribution in [1.82, 2.24) is 14.5 Å². The second-order valence-electron chi connectivity index (χ2n) is 12.5. The number of amides is 2. The maximum Gasteiger partial charge on any atom is 0.416 e. The van der Waals surface area contributed by atoms with E-state index in [1.807, 2.05) is 0 Å². The molecule has 1 atom stereocenters. The van der Waals surface area contributed by atoms with Crippen molar-refractivity contribution >= 4 is 33.5 Å². The highest BCUT2D eigenvalue weighted by Crippen LogP contribution is 2.36. The number of hydrogen-bond acceptors (Lipinski definition) is 8. The fourth-order valence-electron chi connectivity index (χ4n) is 6.17. The number of Topliss-reactive ketones (excluding diaryl/α,β-unsaturated/α-hetero) is 1. The maximum absolute atomic E-state index is 13.7. The van der Waals surface area contributed by atoms with Crippen molar-refractivity contribution in [3.8, 4) is 5.75 Å². The van der Waals surface area contributed by atoms with E-state index in [9.17, 15) is 36.0 Å². The van der Waals surface area contributed by atoms with Crippen LogP contribution >= 0.6 is 0 Å². The Bertz CT molecular complexity index is 1820. The predicted molar refractivity (Wildman–Crippen MR) is 179 cm³/mol. The zero-order valence-electron chi connectivity index (χ0n) is 27.6. The molecule has 3 heterocycles. The van der Waals surface area contributed by atoms with Gasteiger partial charge in [0, 0.05) is 24.2 Å². The number of aryl methyl sites for hydroxylation is 2. The molecule has 0 unspecified atom stereocenters. The summed E-state index contributed by atoms with van der Waals surface area (Å²) < 4.78 is 79.9. The fraction of sp³-hybridized carbons (Fsp3) is 0.429. The summed E-state index contributed by atoms with van der Waals surface area (Å²) in [6.07, 6.45) is -1.53. The molecule has 50 heavy (non-hydrogen) atoms. The van der Waals surface area contributed by atoms with Crippen LogP contribution < -0.4 is 10.1 Å². The molecule has 268 valence electrons. The summed E-state index contributed by atoms with van der Waals surface area (Å²) in [6.45, 7) is 9.34. The summed E-state index contributed by atoms with van der Waals surface area (Å²) in [4.78, 5) is 44.4. The lowest BCUT2D eigenvalue weighted by Crippen LogP contribution is -2.50. The van der Waals surface area contributed by atoms with Crippen LogP contribution in [0.3, 0.4) is 0 Å². The van der Waals surface area contributed by atoms with Crippen LogP contribution in [-0.2, 0) is 36.9 Å². The number of alkyl halides is 3. The quantitative estimate of drug-likeness (QED) is 0.246. The van der Waals surface area contributed by atoms with Crippen LogP contribution in [-0.4, -0.2) is 97.8 Å². The van der Waals surface area contributed by atoms with Gasteiger partial charge in [0.05, 0.1) is 37.6 Å². The molecular formula is C35H39F3N4O7S. The van der Waals surface area contributed by atoms with Gasteiger partial charge in [-0.2, -0.15) is 13.2 Å². The van der Waals surface area contributed by atoms with E-state index in [0.29, 0.717) is 12.0 Å². The minimum Gasteiger partial charge on any atom is -0.493 e. The van der Waals surface area contributed by atoms with Gasteiger partial charge in [-0.1, -0.05) is 18.2 Å². The molecule has 2 saturated heterocycles. The third-order valence-corrected chi connectivity index (χ3v) is 10.9. The minimum atomic E-state index is -4.66. The number of benzene rings is 2. The number of likely N-dealkylation sites (tertiary alicyclic amines) is 1. The van der Waals surface area contributed by atoms with Gasteiger partial charge in [-0.25, -0.2) is 12.7 Å². The molecule has 11 nitrogen and oxygen atoms in total. The first-order chi connectivity index (χ1) is 23.7. The molecule has 2 amide bonds. The van der Waals surface area contributed by atoms with Gasteiger partial charge >= 0.3 is 6.18 Å². The zero-order valence-corrected chi connectivity index (χ0v) is 28.4. The Kier molecular flexibility index (Phi) is 11.0. The average molecular weight is 717 g/mol. The molecule has 1 N–H and O–H groups in total. The number of carbonyl (C=O) groups is 3. The van der Waals surface area contributed by atoms with Crippen molar-refractivity contribution < 1.29 is 45.4 Å². The zero-order chi connectivity index (χ0) is 36.3. The van der Waals surface area contributed by atoms with Crippen LogP contribution in [0, 0.1) is 6.92 Å². The topological polar surface area (TPSA) is 135 Å². The smallest absolute Gasteiger partial charge is 0.416 e. The summed E-state index contributed by atoms with van der Waals surface area (Å²) in [7, 11) is -3.75. The minimum absolute atomic E-state index is 0.00350. The van der Waals surface area contributed by atoms with E-state index in [0.717, 1.165) is 23.3 Å². The van der Waals surface area contributed by atoms with E-state index in [1.165, 1.54) is 21.3 Å². The summed E-state index contributed by atoms with van der Waals surface area (Å²) in [5.74, 6) is -1.27. The molecule has 3 aliphatic heterocycles. The summed E-state index contributed by atoms with van der Waals surface area (Å²) in [5.41, 5.74) is -0.388. The second kappa shape index (κ2) is 14.9. The molecule has 2 fully saturated rings. The summed E-state index contributed by atoms with van der Waals surface area (Å²) >= 11 is 0. The van der Waals surface area contributed by atoms with Crippen molar-refractivity contribution in [2.24, 2.45) is 4.99 Å². The van der Waals surface area contributed by atoms with Crippen LogP contribution in [0.15, 0.2) is 66.7 Å². The number of amidine groups is 1. The molecule has 3 aliphatic rings. The lowest BCUT2D eigenvalue weighted by molar-refractivity contribution is -0.137. The van der Waals surface area contributed by atoms with Crippen LogP contribution in [0.25, 0.3) is 0 Å². The number of hydrogen-bond donors (Lipinski definition) is 1. The number of carbonyl (C=O) groups excluding carboxylic acids is 3. The van der Waals surface area contributed by atoms with Crippen LogP contribution in [0.1, 0.15) is 51.9 Å². The Morgan fingerprint density at radius 1 is 1.12 bits per heavy atom. The van der Waals surface area contributed by atoms with Gasteiger partial charge in [0.2, 0.25) is 10.0 Å². The first kappa shape index (κ1) is 36.9. The molecule has 0 aliphatic carbocycles. The van der Waals surface area contributed by atoms with Crippen molar-refractivity contribution in [2.45, 2.75) is 50.4 Å².